The zero-order valence-electron chi connectivity index (χ0n) is 24.8. The van der Waals surface area contributed by atoms with E-state index in [9.17, 15) is 18.0 Å². The molecule has 0 bridgehead atoms. The van der Waals surface area contributed by atoms with E-state index in [0.717, 1.165) is 21.0 Å². The van der Waals surface area contributed by atoms with Crippen LogP contribution >= 0.6 is 23.2 Å². The first kappa shape index (κ1) is 33.1. The number of sulfonamides is 1. The van der Waals surface area contributed by atoms with E-state index in [2.05, 4.69) is 5.32 Å². The Kier molecular flexibility index (Phi) is 11.1. The smallest absolute Gasteiger partial charge is 0.264 e. The van der Waals surface area contributed by atoms with Crippen LogP contribution in [0.4, 0.5) is 5.69 Å². The number of hydrogen-bond acceptors (Lipinski definition) is 4. The fourth-order valence-electron chi connectivity index (χ4n) is 4.76. The summed E-state index contributed by atoms with van der Waals surface area (Å²) in [6.45, 7) is 5.03. The molecule has 0 heterocycles. The predicted octanol–water partition coefficient (Wildman–Crippen LogP) is 6.66. The van der Waals surface area contributed by atoms with E-state index in [1.165, 1.54) is 35.2 Å². The lowest BCUT2D eigenvalue weighted by molar-refractivity contribution is -0.140. The standard InChI is InChI=1S/C34H35Cl2N3O4S/c1-24(2)37-34(41)32(18-26-10-6-4-7-11-26)38(22-27-12-8-5-9-13-27)33(40)23-39(30-20-28(35)19-29(36)21-30)44(42,43)31-16-14-25(3)15-17-31/h4-17,19-21,24,32H,18,22-23H2,1-3H3,(H,37,41). The summed E-state index contributed by atoms with van der Waals surface area (Å²) in [4.78, 5) is 29.6. The lowest BCUT2D eigenvalue weighted by Gasteiger charge is -2.34. The van der Waals surface area contributed by atoms with E-state index in [0.29, 0.717) is 0 Å². The second-order valence-corrected chi connectivity index (χ2v) is 13.6. The molecule has 7 nitrogen and oxygen atoms in total. The molecule has 10 heteroatoms. The van der Waals surface area contributed by atoms with Crippen LogP contribution in [0.1, 0.15) is 30.5 Å². The number of amides is 2. The van der Waals surface area contributed by atoms with Gasteiger partial charge in [-0.25, -0.2) is 8.42 Å². The highest BCUT2D eigenvalue weighted by Gasteiger charge is 2.35. The molecule has 230 valence electrons. The minimum Gasteiger partial charge on any atom is -0.352 e. The number of hydrogen-bond donors (Lipinski definition) is 1. The average Bonchev–Trinajstić information content (AvgIpc) is 2.98. The molecule has 0 saturated carbocycles. The molecule has 0 saturated heterocycles. The van der Waals surface area contributed by atoms with Crippen molar-refractivity contribution in [2.24, 2.45) is 0 Å². The van der Waals surface area contributed by atoms with Crippen molar-refractivity contribution in [1.29, 1.82) is 0 Å². The number of halogens is 2. The van der Waals surface area contributed by atoms with Crippen molar-refractivity contribution in [3.05, 3.63) is 130 Å². The second kappa shape index (κ2) is 14.8. The zero-order valence-corrected chi connectivity index (χ0v) is 27.1. The predicted molar refractivity (Wildman–Crippen MR) is 176 cm³/mol. The lowest BCUT2D eigenvalue weighted by Crippen LogP contribution is -2.54. The van der Waals surface area contributed by atoms with Crippen LogP contribution in [0.25, 0.3) is 0 Å². The van der Waals surface area contributed by atoms with Gasteiger partial charge in [0.2, 0.25) is 11.8 Å². The molecule has 1 N–H and O–H groups in total. The topological polar surface area (TPSA) is 86.8 Å². The van der Waals surface area contributed by atoms with Crippen molar-refractivity contribution < 1.29 is 18.0 Å². The monoisotopic (exact) mass is 651 g/mol. The van der Waals surface area contributed by atoms with Crippen LogP contribution in [-0.2, 0) is 32.6 Å². The van der Waals surface area contributed by atoms with Gasteiger partial charge in [-0.3, -0.25) is 13.9 Å². The summed E-state index contributed by atoms with van der Waals surface area (Å²) in [5, 5.41) is 3.37. The Labute approximate surface area is 269 Å². The highest BCUT2D eigenvalue weighted by atomic mass is 35.5. The van der Waals surface area contributed by atoms with Crippen LogP contribution < -0.4 is 9.62 Å². The van der Waals surface area contributed by atoms with E-state index in [4.69, 9.17) is 23.2 Å². The summed E-state index contributed by atoms with van der Waals surface area (Å²) in [7, 11) is -4.26. The van der Waals surface area contributed by atoms with E-state index in [-0.39, 0.29) is 45.5 Å². The van der Waals surface area contributed by atoms with Crippen molar-refractivity contribution in [2.75, 3.05) is 10.8 Å². The molecule has 2 amide bonds. The van der Waals surface area contributed by atoms with E-state index in [1.54, 1.807) is 12.1 Å². The molecule has 4 aromatic carbocycles. The number of nitrogens with one attached hydrogen (secondary N) is 1. The van der Waals surface area contributed by atoms with E-state index >= 15 is 0 Å². The van der Waals surface area contributed by atoms with Gasteiger partial charge in [0.05, 0.1) is 10.6 Å². The fraction of sp³-hybridized carbons (Fsp3) is 0.235. The van der Waals surface area contributed by atoms with Crippen molar-refractivity contribution in [3.63, 3.8) is 0 Å². The average molecular weight is 653 g/mol. The molecular formula is C34H35Cl2N3O4S. The third kappa shape index (κ3) is 8.62. The number of aryl methyl sites for hydroxylation is 1. The summed E-state index contributed by atoms with van der Waals surface area (Å²) in [6, 6.07) is 28.3. The Bertz CT molecular complexity index is 1660. The molecule has 44 heavy (non-hydrogen) atoms. The van der Waals surface area contributed by atoms with Crippen molar-refractivity contribution >= 4 is 50.7 Å². The molecule has 0 fully saturated rings. The Morgan fingerprint density at radius 3 is 1.89 bits per heavy atom. The zero-order chi connectivity index (χ0) is 31.9. The summed E-state index contributed by atoms with van der Waals surface area (Å²) in [5.74, 6) is -0.910. The molecule has 4 aromatic rings. The number of nitrogens with zero attached hydrogens (tertiary/aromatic N) is 2. The van der Waals surface area contributed by atoms with Crippen LogP contribution in [0.15, 0.2) is 108 Å². The molecule has 1 atom stereocenters. The van der Waals surface area contributed by atoms with Gasteiger partial charge in [-0.1, -0.05) is 102 Å². The maximum absolute atomic E-state index is 14.4. The highest BCUT2D eigenvalue weighted by Crippen LogP contribution is 2.30. The first-order valence-corrected chi connectivity index (χ1v) is 16.4. The van der Waals surface area contributed by atoms with Gasteiger partial charge >= 0.3 is 0 Å². The van der Waals surface area contributed by atoms with Gasteiger partial charge in [0, 0.05) is 29.1 Å². The Morgan fingerprint density at radius 2 is 1.34 bits per heavy atom. The quantitative estimate of drug-likeness (QED) is 0.186. The van der Waals surface area contributed by atoms with Crippen LogP contribution in [0.3, 0.4) is 0 Å². The van der Waals surface area contributed by atoms with Gasteiger partial charge in [0.15, 0.2) is 0 Å². The van der Waals surface area contributed by atoms with Gasteiger partial charge in [-0.05, 0) is 62.2 Å². The number of anilines is 1. The minimum atomic E-state index is -4.26. The Hall–Kier alpha value is -3.85. The number of carbonyl (C=O) groups excluding carboxylic acids is 2. The van der Waals surface area contributed by atoms with Crippen molar-refractivity contribution in [3.8, 4) is 0 Å². The van der Waals surface area contributed by atoms with Gasteiger partial charge in [-0.2, -0.15) is 0 Å². The maximum Gasteiger partial charge on any atom is 0.264 e. The summed E-state index contributed by atoms with van der Waals surface area (Å²) >= 11 is 12.6. The number of carbonyl (C=O) groups is 2. The first-order chi connectivity index (χ1) is 20.9. The van der Waals surface area contributed by atoms with Crippen LogP contribution in [0.2, 0.25) is 10.0 Å². The van der Waals surface area contributed by atoms with Crippen LogP contribution in [0.5, 0.6) is 0 Å². The molecular weight excluding hydrogens is 617 g/mol. The summed E-state index contributed by atoms with van der Waals surface area (Å²) < 4.78 is 29.2. The molecule has 0 aliphatic carbocycles. The maximum atomic E-state index is 14.4. The summed E-state index contributed by atoms with van der Waals surface area (Å²) in [5.41, 5.74) is 2.65. The molecule has 0 aliphatic heterocycles. The molecule has 0 aliphatic rings. The molecule has 0 spiro atoms. The van der Waals surface area contributed by atoms with Gasteiger partial charge in [0.25, 0.3) is 10.0 Å². The highest BCUT2D eigenvalue weighted by molar-refractivity contribution is 7.92. The summed E-state index contributed by atoms with van der Waals surface area (Å²) in [6.07, 6.45) is 0.228. The minimum absolute atomic E-state index is 0.00000581. The van der Waals surface area contributed by atoms with Gasteiger partial charge < -0.3 is 10.2 Å². The molecule has 1 unspecified atom stereocenters. The number of benzene rings is 4. The van der Waals surface area contributed by atoms with E-state index in [1.807, 2.05) is 81.4 Å². The second-order valence-electron chi connectivity index (χ2n) is 10.8. The number of rotatable bonds is 12. The van der Waals surface area contributed by atoms with E-state index < -0.39 is 28.5 Å². The third-order valence-electron chi connectivity index (χ3n) is 6.92. The van der Waals surface area contributed by atoms with Gasteiger partial charge in [0.1, 0.15) is 12.6 Å². The molecule has 0 aromatic heterocycles. The van der Waals surface area contributed by atoms with Crippen molar-refractivity contribution in [2.45, 2.75) is 50.7 Å². The third-order valence-corrected chi connectivity index (χ3v) is 9.15. The molecule has 4 rings (SSSR count). The van der Waals surface area contributed by atoms with Crippen molar-refractivity contribution in [1.82, 2.24) is 10.2 Å². The SMILES string of the molecule is Cc1ccc(S(=O)(=O)N(CC(=O)N(Cc2ccccc2)C(Cc2ccccc2)C(=O)NC(C)C)c2cc(Cl)cc(Cl)c2)cc1. The van der Waals surface area contributed by atoms with Gasteiger partial charge in [-0.15, -0.1) is 0 Å². The lowest BCUT2D eigenvalue weighted by atomic mass is 10.0. The Balaban J connectivity index is 1.81. The van der Waals surface area contributed by atoms with Crippen LogP contribution in [-0.4, -0.2) is 43.8 Å². The largest absolute Gasteiger partial charge is 0.352 e. The molecule has 0 radical (unpaired) electrons. The van der Waals surface area contributed by atoms with Crippen LogP contribution in [0, 0.1) is 6.92 Å². The normalized spacial score (nSPS) is 12.0. The fourth-order valence-corrected chi connectivity index (χ4v) is 6.68. The Morgan fingerprint density at radius 1 is 0.795 bits per heavy atom. The first-order valence-electron chi connectivity index (χ1n) is 14.2.